The fraction of sp³-hybridized carbons (Fsp3) is 0.600. The quantitative estimate of drug-likeness (QED) is 0.854. The Balaban J connectivity index is 1.92. The number of likely N-dealkylation sites (tertiary alicyclic amines) is 1. The zero-order valence-corrected chi connectivity index (χ0v) is 13.2. The summed E-state index contributed by atoms with van der Waals surface area (Å²) in [5, 5.41) is 9.11. The van der Waals surface area contributed by atoms with Gasteiger partial charge < -0.3 is 14.7 Å². The van der Waals surface area contributed by atoms with E-state index in [-0.39, 0.29) is 12.4 Å². The Bertz CT molecular complexity index is 551. The molecule has 1 aliphatic rings. The van der Waals surface area contributed by atoms with Gasteiger partial charge in [0.2, 0.25) is 0 Å². The largest absolute Gasteiger partial charge is 0.497 e. The molecule has 0 aromatic heterocycles. The van der Waals surface area contributed by atoms with Gasteiger partial charge in [0.1, 0.15) is 5.75 Å². The lowest BCUT2D eigenvalue weighted by atomic mass is 9.98. The maximum absolute atomic E-state index is 12.3. The van der Waals surface area contributed by atoms with Crippen LogP contribution in [-0.4, -0.2) is 57.5 Å². The summed E-state index contributed by atoms with van der Waals surface area (Å²) in [6.45, 7) is 2.49. The number of ether oxygens (including phenoxy) is 1. The monoisotopic (exact) mass is 313 g/mol. The van der Waals surface area contributed by atoms with Crippen LogP contribution in [0, 0.1) is 5.92 Å². The van der Waals surface area contributed by atoms with E-state index in [0.717, 1.165) is 25.9 Å². The van der Waals surface area contributed by atoms with Crippen LogP contribution < -0.4 is 4.74 Å². The van der Waals surface area contributed by atoms with Crippen LogP contribution in [0.15, 0.2) is 29.2 Å². The number of methoxy groups -OCH3 is 1. The second-order valence-electron chi connectivity index (χ2n) is 5.47. The third-order valence-electron chi connectivity index (χ3n) is 4.04. The zero-order valence-electron chi connectivity index (χ0n) is 12.4. The smallest absolute Gasteiger partial charge is 0.179 e. The van der Waals surface area contributed by atoms with Crippen molar-refractivity contribution in [3.63, 3.8) is 0 Å². The molecule has 5 nitrogen and oxygen atoms in total. The molecule has 0 saturated carbocycles. The zero-order chi connectivity index (χ0) is 15.3. The van der Waals surface area contributed by atoms with Crippen LogP contribution in [-0.2, 0) is 9.84 Å². The molecule has 118 valence electrons. The molecule has 2 rings (SSSR count). The molecule has 1 aliphatic heterocycles. The number of aliphatic hydroxyl groups excluding tert-OH is 1. The first kappa shape index (κ1) is 16.3. The van der Waals surface area contributed by atoms with Gasteiger partial charge in [-0.25, -0.2) is 8.42 Å². The standard InChI is InChI=1S/C15H23NO4S/c1-20-14-3-2-4-15(11-14)21(18,19)10-9-16-7-5-13(12-17)6-8-16/h2-4,11,13,17H,5-10,12H2,1H3. The van der Waals surface area contributed by atoms with E-state index < -0.39 is 9.84 Å². The molecule has 0 unspecified atom stereocenters. The first-order valence-corrected chi connectivity index (χ1v) is 8.90. The van der Waals surface area contributed by atoms with Crippen LogP contribution in [0.4, 0.5) is 0 Å². The maximum atomic E-state index is 12.3. The topological polar surface area (TPSA) is 66.8 Å². The number of hydrogen-bond donors (Lipinski definition) is 1. The van der Waals surface area contributed by atoms with Crippen LogP contribution in [0.25, 0.3) is 0 Å². The molecular formula is C15H23NO4S. The molecule has 21 heavy (non-hydrogen) atoms. The van der Waals surface area contributed by atoms with Crippen molar-refractivity contribution in [2.75, 3.05) is 39.1 Å². The number of aliphatic hydroxyl groups is 1. The highest BCUT2D eigenvalue weighted by molar-refractivity contribution is 7.91. The average Bonchev–Trinajstić information content (AvgIpc) is 2.53. The summed E-state index contributed by atoms with van der Waals surface area (Å²) >= 11 is 0. The third kappa shape index (κ3) is 4.43. The molecule has 0 atom stereocenters. The van der Waals surface area contributed by atoms with Crippen molar-refractivity contribution in [3.8, 4) is 5.75 Å². The van der Waals surface area contributed by atoms with Crippen molar-refractivity contribution in [2.45, 2.75) is 17.7 Å². The molecule has 1 N–H and O–H groups in total. The molecule has 0 amide bonds. The summed E-state index contributed by atoms with van der Waals surface area (Å²) in [6.07, 6.45) is 1.88. The number of benzene rings is 1. The molecule has 1 saturated heterocycles. The molecule has 0 spiro atoms. The molecule has 6 heteroatoms. The lowest BCUT2D eigenvalue weighted by molar-refractivity contribution is 0.136. The minimum Gasteiger partial charge on any atom is -0.497 e. The van der Waals surface area contributed by atoms with Crippen molar-refractivity contribution < 1.29 is 18.3 Å². The summed E-state index contributed by atoms with van der Waals surface area (Å²) in [5.41, 5.74) is 0. The normalized spacial score (nSPS) is 17.8. The van der Waals surface area contributed by atoms with Gasteiger partial charge in [-0.1, -0.05) is 6.07 Å². The van der Waals surface area contributed by atoms with Gasteiger partial charge in [-0.05, 0) is 50.0 Å². The Morgan fingerprint density at radius 2 is 2.05 bits per heavy atom. The first-order chi connectivity index (χ1) is 10.0. The van der Waals surface area contributed by atoms with E-state index in [2.05, 4.69) is 4.90 Å². The molecule has 1 aromatic carbocycles. The minimum absolute atomic E-state index is 0.115. The van der Waals surface area contributed by atoms with Crippen molar-refractivity contribution in [1.29, 1.82) is 0 Å². The van der Waals surface area contributed by atoms with Crippen LogP contribution in [0.2, 0.25) is 0 Å². The van der Waals surface area contributed by atoms with E-state index in [1.165, 1.54) is 7.11 Å². The van der Waals surface area contributed by atoms with Gasteiger partial charge in [0.15, 0.2) is 9.84 Å². The van der Waals surface area contributed by atoms with Gasteiger partial charge in [-0.3, -0.25) is 0 Å². The Labute approximate surface area is 126 Å². The van der Waals surface area contributed by atoms with Gasteiger partial charge in [-0.15, -0.1) is 0 Å². The lowest BCUT2D eigenvalue weighted by Crippen LogP contribution is -2.37. The second kappa shape index (κ2) is 7.24. The molecule has 1 fully saturated rings. The number of hydrogen-bond acceptors (Lipinski definition) is 5. The maximum Gasteiger partial charge on any atom is 0.179 e. The molecular weight excluding hydrogens is 290 g/mol. The predicted molar refractivity (Wildman–Crippen MR) is 81.3 cm³/mol. The van der Waals surface area contributed by atoms with E-state index in [9.17, 15) is 8.42 Å². The number of piperidine rings is 1. The Morgan fingerprint density at radius 1 is 1.33 bits per heavy atom. The van der Waals surface area contributed by atoms with Crippen LogP contribution >= 0.6 is 0 Å². The Hall–Kier alpha value is -1.11. The minimum atomic E-state index is -3.28. The van der Waals surface area contributed by atoms with Gasteiger partial charge in [0, 0.05) is 13.2 Å². The van der Waals surface area contributed by atoms with Crippen molar-refractivity contribution in [1.82, 2.24) is 4.90 Å². The van der Waals surface area contributed by atoms with E-state index in [1.54, 1.807) is 24.3 Å². The van der Waals surface area contributed by atoms with Gasteiger partial charge >= 0.3 is 0 Å². The molecule has 0 radical (unpaired) electrons. The van der Waals surface area contributed by atoms with E-state index in [0.29, 0.717) is 23.1 Å². The number of sulfone groups is 1. The lowest BCUT2D eigenvalue weighted by Gasteiger charge is -2.30. The second-order valence-corrected chi connectivity index (χ2v) is 7.57. The van der Waals surface area contributed by atoms with Gasteiger partial charge in [-0.2, -0.15) is 0 Å². The SMILES string of the molecule is COc1cccc(S(=O)(=O)CCN2CCC(CO)CC2)c1. The summed E-state index contributed by atoms with van der Waals surface area (Å²) in [4.78, 5) is 2.47. The van der Waals surface area contributed by atoms with Crippen LogP contribution in [0.5, 0.6) is 5.75 Å². The van der Waals surface area contributed by atoms with Gasteiger partial charge in [0.05, 0.1) is 17.8 Å². The Morgan fingerprint density at radius 3 is 2.67 bits per heavy atom. The highest BCUT2D eigenvalue weighted by atomic mass is 32.2. The number of rotatable bonds is 6. The third-order valence-corrected chi connectivity index (χ3v) is 5.73. The highest BCUT2D eigenvalue weighted by Crippen LogP contribution is 2.20. The van der Waals surface area contributed by atoms with E-state index in [1.807, 2.05) is 0 Å². The fourth-order valence-corrected chi connectivity index (χ4v) is 3.87. The van der Waals surface area contributed by atoms with E-state index in [4.69, 9.17) is 9.84 Å². The molecule has 1 heterocycles. The van der Waals surface area contributed by atoms with Crippen molar-refractivity contribution in [3.05, 3.63) is 24.3 Å². The molecule has 0 aliphatic carbocycles. The number of nitrogens with zero attached hydrogens (tertiary/aromatic N) is 1. The first-order valence-electron chi connectivity index (χ1n) is 7.25. The molecule has 0 bridgehead atoms. The van der Waals surface area contributed by atoms with Gasteiger partial charge in [0.25, 0.3) is 0 Å². The van der Waals surface area contributed by atoms with Crippen LogP contribution in [0.1, 0.15) is 12.8 Å². The van der Waals surface area contributed by atoms with E-state index >= 15 is 0 Å². The van der Waals surface area contributed by atoms with Crippen LogP contribution in [0.3, 0.4) is 0 Å². The Kier molecular flexibility index (Phi) is 5.61. The fourth-order valence-electron chi connectivity index (χ4n) is 2.55. The predicted octanol–water partition coefficient (Wildman–Crippen LogP) is 1.17. The van der Waals surface area contributed by atoms with Crippen molar-refractivity contribution in [2.24, 2.45) is 5.92 Å². The summed E-state index contributed by atoms with van der Waals surface area (Å²) in [5.74, 6) is 1.04. The summed E-state index contributed by atoms with van der Waals surface area (Å²) in [6, 6.07) is 6.60. The summed E-state index contributed by atoms with van der Waals surface area (Å²) in [7, 11) is -1.76. The average molecular weight is 313 g/mol. The van der Waals surface area contributed by atoms with Crippen molar-refractivity contribution >= 4 is 9.84 Å². The summed E-state index contributed by atoms with van der Waals surface area (Å²) < 4.78 is 29.8. The molecule has 1 aromatic rings. The highest BCUT2D eigenvalue weighted by Gasteiger charge is 2.21.